The molecule has 1 unspecified atom stereocenters. The minimum absolute atomic E-state index is 0.173. The van der Waals surface area contributed by atoms with Gasteiger partial charge in [0.15, 0.2) is 0 Å². The summed E-state index contributed by atoms with van der Waals surface area (Å²) in [6.07, 6.45) is -0.511. The molecule has 2 N–H and O–H groups in total. The Kier molecular flexibility index (Phi) is 4.63. The highest BCUT2D eigenvalue weighted by Gasteiger charge is 2.33. The van der Waals surface area contributed by atoms with E-state index >= 15 is 0 Å². The van der Waals surface area contributed by atoms with Crippen molar-refractivity contribution in [2.24, 2.45) is 5.73 Å². The fourth-order valence-electron chi connectivity index (χ4n) is 1.70. The summed E-state index contributed by atoms with van der Waals surface area (Å²) in [7, 11) is -3.50. The second kappa shape index (κ2) is 5.74. The lowest BCUT2D eigenvalue weighted by Crippen LogP contribution is -2.49. The molecule has 2 rings (SSSR count). The van der Waals surface area contributed by atoms with Crippen LogP contribution in [0.5, 0.6) is 0 Å². The number of sulfonamides is 1. The van der Waals surface area contributed by atoms with Gasteiger partial charge in [0.05, 0.1) is 10.4 Å². The van der Waals surface area contributed by atoms with Crippen molar-refractivity contribution >= 4 is 54.5 Å². The van der Waals surface area contributed by atoms with E-state index in [0.717, 1.165) is 9.35 Å². The monoisotopic (exact) mass is 384 g/mol. The molecule has 0 radical (unpaired) electrons. The van der Waals surface area contributed by atoms with Gasteiger partial charge in [-0.1, -0.05) is 12.2 Å². The predicted octanol–water partition coefficient (Wildman–Crippen LogP) is 1.49. The van der Waals surface area contributed by atoms with Crippen LogP contribution in [0, 0.1) is 6.92 Å². The number of nitrogens with zero attached hydrogens (tertiary/aromatic N) is 1. The minimum atomic E-state index is -3.50. The van der Waals surface area contributed by atoms with Gasteiger partial charge >= 0.3 is 0 Å². The molecular formula is C10H13BrN2O3S3. The summed E-state index contributed by atoms with van der Waals surface area (Å²) in [4.78, 5) is 0.184. The lowest BCUT2D eigenvalue weighted by Gasteiger charge is -2.31. The molecular weight excluding hydrogens is 372 g/mol. The summed E-state index contributed by atoms with van der Waals surface area (Å²) in [5.74, 6) is 0. The second-order valence-electron chi connectivity index (χ2n) is 4.15. The topological polar surface area (TPSA) is 72.6 Å². The SMILES string of the molecule is Cc1cc(S(=O)(=O)N2CCOC(C(N)=S)C2)sc1Br. The predicted molar refractivity (Wildman–Crippen MR) is 82.0 cm³/mol. The van der Waals surface area contributed by atoms with E-state index in [4.69, 9.17) is 22.7 Å². The third kappa shape index (κ3) is 3.17. The van der Waals surface area contributed by atoms with Crippen LogP contribution in [-0.2, 0) is 14.8 Å². The number of rotatable bonds is 3. The fraction of sp³-hybridized carbons (Fsp3) is 0.500. The first kappa shape index (κ1) is 15.3. The number of thiocarbonyl (C=S) groups is 1. The van der Waals surface area contributed by atoms with Gasteiger partial charge in [0.2, 0.25) is 0 Å². The van der Waals surface area contributed by atoms with Crippen molar-refractivity contribution in [1.82, 2.24) is 4.31 Å². The maximum atomic E-state index is 12.5. The van der Waals surface area contributed by atoms with E-state index in [1.165, 1.54) is 15.6 Å². The highest BCUT2D eigenvalue weighted by atomic mass is 79.9. The Labute approximate surface area is 129 Å². The first-order chi connectivity index (χ1) is 8.82. The van der Waals surface area contributed by atoms with E-state index < -0.39 is 16.1 Å². The number of halogens is 1. The van der Waals surface area contributed by atoms with Gasteiger partial charge in [0, 0.05) is 13.1 Å². The number of thiophene rings is 1. The zero-order chi connectivity index (χ0) is 14.2. The molecule has 106 valence electrons. The van der Waals surface area contributed by atoms with Gasteiger partial charge in [0.25, 0.3) is 10.0 Å². The molecule has 0 spiro atoms. The average molecular weight is 385 g/mol. The van der Waals surface area contributed by atoms with Crippen LogP contribution in [-0.4, -0.2) is 43.5 Å². The molecule has 0 aliphatic carbocycles. The van der Waals surface area contributed by atoms with E-state index in [0.29, 0.717) is 17.4 Å². The summed E-state index contributed by atoms with van der Waals surface area (Å²) in [6, 6.07) is 1.66. The Bertz CT molecular complexity index is 580. The van der Waals surface area contributed by atoms with Crippen molar-refractivity contribution in [3.8, 4) is 0 Å². The molecule has 1 aromatic heterocycles. The van der Waals surface area contributed by atoms with Crippen LogP contribution in [0.15, 0.2) is 14.1 Å². The summed E-state index contributed by atoms with van der Waals surface area (Å²) in [5.41, 5.74) is 6.42. The number of morpholine rings is 1. The summed E-state index contributed by atoms with van der Waals surface area (Å²) in [6.45, 7) is 2.64. The van der Waals surface area contributed by atoms with Crippen LogP contribution >= 0.6 is 39.5 Å². The third-order valence-corrected chi connectivity index (χ3v) is 7.49. The standard InChI is InChI=1S/C10H13BrN2O3S3/c1-6-4-8(18-9(6)11)19(14,15)13-2-3-16-7(5-13)10(12)17/h4,7H,2-3,5H2,1H3,(H2,12,17). The zero-order valence-electron chi connectivity index (χ0n) is 10.1. The molecule has 1 fully saturated rings. The van der Waals surface area contributed by atoms with E-state index in [-0.39, 0.29) is 11.5 Å². The molecule has 5 nitrogen and oxygen atoms in total. The smallest absolute Gasteiger partial charge is 0.252 e. The molecule has 2 heterocycles. The van der Waals surface area contributed by atoms with Crippen molar-refractivity contribution in [2.75, 3.05) is 19.7 Å². The van der Waals surface area contributed by atoms with Gasteiger partial charge in [0.1, 0.15) is 15.3 Å². The second-order valence-corrected chi connectivity index (χ2v) is 9.15. The molecule has 1 aliphatic rings. The first-order valence-corrected chi connectivity index (χ1v) is 8.95. The van der Waals surface area contributed by atoms with Crippen molar-refractivity contribution in [3.05, 3.63) is 15.4 Å². The number of aryl methyl sites for hydroxylation is 1. The van der Waals surface area contributed by atoms with Gasteiger partial charge in [-0.25, -0.2) is 8.42 Å². The summed E-state index contributed by atoms with van der Waals surface area (Å²) in [5, 5.41) is 0. The Morgan fingerprint density at radius 2 is 2.37 bits per heavy atom. The van der Waals surface area contributed by atoms with Crippen molar-refractivity contribution in [3.63, 3.8) is 0 Å². The zero-order valence-corrected chi connectivity index (χ0v) is 14.2. The molecule has 0 bridgehead atoms. The molecule has 19 heavy (non-hydrogen) atoms. The van der Waals surface area contributed by atoms with Gasteiger partial charge in [-0.05, 0) is 34.5 Å². The highest BCUT2D eigenvalue weighted by Crippen LogP contribution is 2.32. The molecule has 0 amide bonds. The normalized spacial score (nSPS) is 21.5. The molecule has 1 aromatic rings. The third-order valence-electron chi connectivity index (χ3n) is 2.78. The van der Waals surface area contributed by atoms with Crippen molar-refractivity contribution in [2.45, 2.75) is 17.2 Å². The molecule has 9 heteroatoms. The summed E-state index contributed by atoms with van der Waals surface area (Å²) >= 11 is 9.40. The Balaban J connectivity index is 2.26. The van der Waals surface area contributed by atoms with E-state index in [1.807, 2.05) is 6.92 Å². The van der Waals surface area contributed by atoms with Crippen LogP contribution in [0.2, 0.25) is 0 Å². The number of ether oxygens (including phenoxy) is 1. The van der Waals surface area contributed by atoms with Crippen molar-refractivity contribution in [1.29, 1.82) is 0 Å². The number of hydrogen-bond acceptors (Lipinski definition) is 5. The fourth-order valence-corrected chi connectivity index (χ4v) is 5.65. The van der Waals surface area contributed by atoms with Crippen LogP contribution in [0.3, 0.4) is 0 Å². The molecule has 0 aromatic carbocycles. The number of nitrogens with two attached hydrogens (primary N) is 1. The van der Waals surface area contributed by atoms with Gasteiger partial charge in [-0.3, -0.25) is 0 Å². The maximum absolute atomic E-state index is 12.5. The lowest BCUT2D eigenvalue weighted by molar-refractivity contribution is 0.0387. The molecule has 1 atom stereocenters. The average Bonchev–Trinajstić information content (AvgIpc) is 2.70. The van der Waals surface area contributed by atoms with Gasteiger partial charge in [-0.15, -0.1) is 11.3 Å². The van der Waals surface area contributed by atoms with E-state index in [1.54, 1.807) is 6.07 Å². The van der Waals surface area contributed by atoms with Crippen LogP contribution in [0.25, 0.3) is 0 Å². The summed E-state index contributed by atoms with van der Waals surface area (Å²) < 4.78 is 32.9. The van der Waals surface area contributed by atoms with Gasteiger partial charge < -0.3 is 10.5 Å². The van der Waals surface area contributed by atoms with Gasteiger partial charge in [-0.2, -0.15) is 4.31 Å². The van der Waals surface area contributed by atoms with E-state index in [2.05, 4.69) is 15.9 Å². The first-order valence-electron chi connectivity index (χ1n) is 5.49. The van der Waals surface area contributed by atoms with Crippen LogP contribution < -0.4 is 5.73 Å². The Morgan fingerprint density at radius 1 is 1.68 bits per heavy atom. The molecule has 1 aliphatic heterocycles. The quantitative estimate of drug-likeness (QED) is 0.799. The minimum Gasteiger partial charge on any atom is -0.391 e. The van der Waals surface area contributed by atoms with Crippen LogP contribution in [0.4, 0.5) is 0 Å². The lowest BCUT2D eigenvalue weighted by atomic mass is 10.3. The molecule has 1 saturated heterocycles. The maximum Gasteiger partial charge on any atom is 0.252 e. The highest BCUT2D eigenvalue weighted by molar-refractivity contribution is 9.11. The van der Waals surface area contributed by atoms with Crippen molar-refractivity contribution < 1.29 is 13.2 Å². The van der Waals surface area contributed by atoms with Crippen LogP contribution in [0.1, 0.15) is 5.56 Å². The molecule has 0 saturated carbocycles. The van der Waals surface area contributed by atoms with E-state index in [9.17, 15) is 8.42 Å². The number of hydrogen-bond donors (Lipinski definition) is 1. The largest absolute Gasteiger partial charge is 0.391 e. The Morgan fingerprint density at radius 3 is 2.89 bits per heavy atom. The Hall–Kier alpha value is -0.0600.